The Balaban J connectivity index is 2.93. The highest BCUT2D eigenvalue weighted by molar-refractivity contribution is 5.67. The fourth-order valence-electron chi connectivity index (χ4n) is 1.52. The molecule has 0 bridgehead atoms. The van der Waals surface area contributed by atoms with Gasteiger partial charge >= 0.3 is 0 Å². The molecule has 0 aromatic heterocycles. The lowest BCUT2D eigenvalue weighted by Crippen LogP contribution is -2.36. The first-order chi connectivity index (χ1) is 7.76. The van der Waals surface area contributed by atoms with Gasteiger partial charge in [0.25, 0.3) is 0 Å². The van der Waals surface area contributed by atoms with Crippen molar-refractivity contribution in [2.45, 2.75) is 12.0 Å². The number of carbonyl (C=O) groups excluding carboxylic acids is 2. The van der Waals surface area contributed by atoms with Crippen LogP contribution >= 0.6 is 0 Å². The Labute approximate surface area is 94.0 Å². The minimum absolute atomic E-state index is 0.0701. The molecular weight excluding hydrogens is 206 g/mol. The summed E-state index contributed by atoms with van der Waals surface area (Å²) >= 11 is 0. The quantitative estimate of drug-likeness (QED) is 0.409. The number of rotatable bonds is 6. The van der Waals surface area contributed by atoms with Gasteiger partial charge in [0.15, 0.2) is 11.8 Å². The number of hydrogen-bond donors (Lipinski definition) is 0. The van der Waals surface area contributed by atoms with Crippen LogP contribution in [0.2, 0.25) is 0 Å². The van der Waals surface area contributed by atoms with Crippen molar-refractivity contribution in [1.29, 1.82) is 0 Å². The van der Waals surface area contributed by atoms with E-state index in [0.717, 1.165) is 5.56 Å². The summed E-state index contributed by atoms with van der Waals surface area (Å²) < 4.78 is 4.92. The van der Waals surface area contributed by atoms with Gasteiger partial charge in [0.1, 0.15) is 0 Å². The molecule has 0 saturated heterocycles. The van der Waals surface area contributed by atoms with Crippen LogP contribution in [0.4, 0.5) is 0 Å². The minimum Gasteiger partial charge on any atom is -0.382 e. The Morgan fingerprint density at radius 3 is 2.62 bits per heavy atom. The second kappa shape index (κ2) is 5.95. The van der Waals surface area contributed by atoms with E-state index in [9.17, 15) is 9.59 Å². The van der Waals surface area contributed by atoms with Gasteiger partial charge in [-0.1, -0.05) is 30.3 Å². The molecule has 84 valence electrons. The number of aldehydes is 1. The largest absolute Gasteiger partial charge is 0.382 e. The maximum Gasteiger partial charge on any atom is 0.236 e. The van der Waals surface area contributed by atoms with Gasteiger partial charge in [-0.2, -0.15) is 4.99 Å². The fraction of sp³-hybridized carbons (Fsp3) is 0.333. The van der Waals surface area contributed by atoms with Gasteiger partial charge in [-0.05, 0) is 5.56 Å². The summed E-state index contributed by atoms with van der Waals surface area (Å²) in [4.78, 5) is 25.0. The van der Waals surface area contributed by atoms with Crippen LogP contribution in [0.3, 0.4) is 0 Å². The molecule has 0 spiro atoms. The van der Waals surface area contributed by atoms with Crippen LogP contribution in [0.5, 0.6) is 0 Å². The van der Waals surface area contributed by atoms with Gasteiger partial charge in [0, 0.05) is 13.5 Å². The highest BCUT2D eigenvalue weighted by atomic mass is 16.5. The van der Waals surface area contributed by atoms with Crippen LogP contribution in [0, 0.1) is 0 Å². The Bertz CT molecular complexity index is 385. The van der Waals surface area contributed by atoms with Crippen molar-refractivity contribution in [1.82, 2.24) is 0 Å². The number of isocyanates is 1. The summed E-state index contributed by atoms with van der Waals surface area (Å²) in [5, 5.41) is 0. The monoisotopic (exact) mass is 219 g/mol. The fourth-order valence-corrected chi connectivity index (χ4v) is 1.52. The van der Waals surface area contributed by atoms with Crippen LogP contribution in [-0.4, -0.2) is 31.6 Å². The van der Waals surface area contributed by atoms with Crippen molar-refractivity contribution in [2.75, 3.05) is 13.7 Å². The number of aliphatic imine (C=N–C) groups is 1. The van der Waals surface area contributed by atoms with Crippen molar-refractivity contribution in [3.8, 4) is 0 Å². The standard InChI is InChI=1S/C12H13NO3/c1-16-9-12(8-14,13-10-15)7-11-5-3-2-4-6-11/h2-6,8H,7,9H2,1H3/t12-/m0/s1. The average molecular weight is 219 g/mol. The summed E-state index contributed by atoms with van der Waals surface area (Å²) in [5.41, 5.74) is -0.233. The second-order valence-electron chi connectivity index (χ2n) is 3.52. The van der Waals surface area contributed by atoms with E-state index in [4.69, 9.17) is 4.74 Å². The molecule has 4 nitrogen and oxygen atoms in total. The van der Waals surface area contributed by atoms with E-state index in [1.54, 1.807) is 0 Å². The molecule has 1 aromatic rings. The number of carbonyl (C=O) groups is 1. The third kappa shape index (κ3) is 3.12. The first-order valence-electron chi connectivity index (χ1n) is 4.84. The van der Waals surface area contributed by atoms with Crippen LogP contribution in [0.15, 0.2) is 35.3 Å². The number of methoxy groups -OCH3 is 1. The Morgan fingerprint density at radius 2 is 2.12 bits per heavy atom. The van der Waals surface area contributed by atoms with Gasteiger partial charge in [0.05, 0.1) is 6.61 Å². The molecule has 16 heavy (non-hydrogen) atoms. The molecule has 0 amide bonds. The molecule has 4 heteroatoms. The molecule has 1 rings (SSSR count). The number of ether oxygens (including phenoxy) is 1. The summed E-state index contributed by atoms with van der Waals surface area (Å²) in [7, 11) is 1.46. The maximum atomic E-state index is 11.1. The van der Waals surface area contributed by atoms with Crippen molar-refractivity contribution in [2.24, 2.45) is 4.99 Å². The zero-order valence-corrected chi connectivity index (χ0v) is 9.05. The molecule has 0 aliphatic rings. The molecule has 0 N–H and O–H groups in total. The maximum absolute atomic E-state index is 11.1. The van der Waals surface area contributed by atoms with E-state index in [2.05, 4.69) is 4.99 Å². The van der Waals surface area contributed by atoms with Crippen molar-refractivity contribution >= 4 is 12.4 Å². The molecule has 0 heterocycles. The number of benzene rings is 1. The molecule has 0 radical (unpaired) electrons. The van der Waals surface area contributed by atoms with Crippen LogP contribution in [0.25, 0.3) is 0 Å². The van der Waals surface area contributed by atoms with Gasteiger partial charge in [-0.3, -0.25) is 0 Å². The first-order valence-corrected chi connectivity index (χ1v) is 4.84. The van der Waals surface area contributed by atoms with E-state index < -0.39 is 5.54 Å². The lowest BCUT2D eigenvalue weighted by Gasteiger charge is -2.20. The minimum atomic E-state index is -1.15. The van der Waals surface area contributed by atoms with Gasteiger partial charge in [-0.25, -0.2) is 4.79 Å². The lowest BCUT2D eigenvalue weighted by atomic mass is 9.94. The van der Waals surface area contributed by atoms with Crippen LogP contribution in [-0.2, 0) is 20.7 Å². The molecule has 0 aliphatic heterocycles. The predicted molar refractivity (Wildman–Crippen MR) is 58.9 cm³/mol. The zero-order chi connectivity index (χ0) is 11.9. The van der Waals surface area contributed by atoms with E-state index in [1.807, 2.05) is 30.3 Å². The molecule has 0 fully saturated rings. The molecule has 0 saturated carbocycles. The number of hydrogen-bond acceptors (Lipinski definition) is 4. The molecular formula is C12H13NO3. The van der Waals surface area contributed by atoms with E-state index in [1.165, 1.54) is 13.2 Å². The second-order valence-corrected chi connectivity index (χ2v) is 3.52. The Kier molecular flexibility index (Phi) is 4.58. The van der Waals surface area contributed by atoms with Crippen molar-refractivity contribution < 1.29 is 14.3 Å². The van der Waals surface area contributed by atoms with Gasteiger partial charge < -0.3 is 9.53 Å². The molecule has 1 aromatic carbocycles. The van der Waals surface area contributed by atoms with E-state index >= 15 is 0 Å². The van der Waals surface area contributed by atoms with E-state index in [0.29, 0.717) is 12.7 Å². The molecule has 1 atom stereocenters. The molecule has 0 unspecified atom stereocenters. The van der Waals surface area contributed by atoms with Crippen molar-refractivity contribution in [3.63, 3.8) is 0 Å². The zero-order valence-electron chi connectivity index (χ0n) is 9.05. The molecule has 0 aliphatic carbocycles. The normalized spacial score (nSPS) is 13.6. The van der Waals surface area contributed by atoms with E-state index in [-0.39, 0.29) is 6.61 Å². The predicted octanol–water partition coefficient (Wildman–Crippen LogP) is 1.15. The smallest absolute Gasteiger partial charge is 0.236 e. The SMILES string of the molecule is COC[C@@](C=O)(Cc1ccccc1)N=C=O. The average Bonchev–Trinajstić information content (AvgIpc) is 2.31. The summed E-state index contributed by atoms with van der Waals surface area (Å²) in [5.74, 6) is 0. The van der Waals surface area contributed by atoms with Gasteiger partial charge in [0.2, 0.25) is 6.08 Å². The Hall–Kier alpha value is -1.77. The van der Waals surface area contributed by atoms with Crippen molar-refractivity contribution in [3.05, 3.63) is 35.9 Å². The highest BCUT2D eigenvalue weighted by Gasteiger charge is 2.29. The lowest BCUT2D eigenvalue weighted by molar-refractivity contribution is -0.113. The third-order valence-electron chi connectivity index (χ3n) is 2.24. The third-order valence-corrected chi connectivity index (χ3v) is 2.24. The first kappa shape index (κ1) is 12.3. The summed E-state index contributed by atoms with van der Waals surface area (Å²) in [6.45, 7) is 0.0701. The summed E-state index contributed by atoms with van der Waals surface area (Å²) in [6, 6.07) is 9.35. The van der Waals surface area contributed by atoms with Gasteiger partial charge in [-0.15, -0.1) is 0 Å². The highest BCUT2D eigenvalue weighted by Crippen LogP contribution is 2.16. The topological polar surface area (TPSA) is 55.7 Å². The number of nitrogens with zero attached hydrogens (tertiary/aromatic N) is 1. The van der Waals surface area contributed by atoms with Crippen LogP contribution < -0.4 is 0 Å². The van der Waals surface area contributed by atoms with Crippen LogP contribution in [0.1, 0.15) is 5.56 Å². The summed E-state index contributed by atoms with van der Waals surface area (Å²) in [6.07, 6.45) is 2.40. The Morgan fingerprint density at radius 1 is 1.44 bits per heavy atom.